The molecule has 0 saturated heterocycles. The third-order valence-corrected chi connectivity index (χ3v) is 7.17. The third-order valence-electron chi connectivity index (χ3n) is 7.17. The van der Waals surface area contributed by atoms with Crippen molar-refractivity contribution in [3.63, 3.8) is 0 Å². The molecule has 35 heavy (non-hydrogen) atoms. The lowest BCUT2D eigenvalue weighted by molar-refractivity contribution is -0.117. The first kappa shape index (κ1) is 21.5. The van der Waals surface area contributed by atoms with Gasteiger partial charge in [0.05, 0.1) is 5.69 Å². The molecule has 2 heterocycles. The highest BCUT2D eigenvalue weighted by molar-refractivity contribution is 6.02. The molecule has 2 atom stereocenters. The van der Waals surface area contributed by atoms with Crippen molar-refractivity contribution >= 4 is 17.5 Å². The summed E-state index contributed by atoms with van der Waals surface area (Å²) in [6, 6.07) is 24.3. The molecule has 1 amide bonds. The van der Waals surface area contributed by atoms with Gasteiger partial charge in [-0.2, -0.15) is 0 Å². The van der Waals surface area contributed by atoms with E-state index in [0.717, 1.165) is 52.9 Å². The minimum absolute atomic E-state index is 0.00831. The van der Waals surface area contributed by atoms with Gasteiger partial charge in [-0.15, -0.1) is 0 Å². The van der Waals surface area contributed by atoms with Crippen LogP contribution in [0.25, 0.3) is 11.3 Å². The number of fused-ring (bicyclic) bond motifs is 1. The van der Waals surface area contributed by atoms with Crippen molar-refractivity contribution < 1.29 is 9.59 Å². The van der Waals surface area contributed by atoms with Crippen molar-refractivity contribution in [2.45, 2.75) is 38.0 Å². The summed E-state index contributed by atoms with van der Waals surface area (Å²) < 4.78 is 0. The Kier molecular flexibility index (Phi) is 5.53. The number of anilines is 1. The van der Waals surface area contributed by atoms with Crippen LogP contribution in [0.5, 0.6) is 0 Å². The average Bonchev–Trinajstić information content (AvgIpc) is 3.61. The van der Waals surface area contributed by atoms with E-state index >= 15 is 0 Å². The van der Waals surface area contributed by atoms with E-state index in [1.807, 2.05) is 48.5 Å². The summed E-state index contributed by atoms with van der Waals surface area (Å²) in [6.07, 6.45) is 5.60. The fourth-order valence-corrected chi connectivity index (χ4v) is 5.32. The predicted octanol–water partition coefficient (Wildman–Crippen LogP) is 5.93. The molecular weight excluding hydrogens is 434 g/mol. The number of amides is 1. The first-order valence-electron chi connectivity index (χ1n) is 12.3. The van der Waals surface area contributed by atoms with Crippen molar-refractivity contribution in [3.05, 3.63) is 107 Å². The lowest BCUT2D eigenvalue weighted by Gasteiger charge is -2.12. The Morgan fingerprint density at radius 2 is 1.77 bits per heavy atom. The van der Waals surface area contributed by atoms with Crippen LogP contribution in [-0.4, -0.2) is 21.7 Å². The molecule has 2 unspecified atom stereocenters. The van der Waals surface area contributed by atoms with Gasteiger partial charge in [-0.05, 0) is 54.0 Å². The minimum Gasteiger partial charge on any atom is -0.358 e. The number of Topliss-reactive ketones (excluding diaryl/α,β-unsaturated/α-hetero) is 1. The Morgan fingerprint density at radius 3 is 2.57 bits per heavy atom. The van der Waals surface area contributed by atoms with Crippen LogP contribution in [0.15, 0.2) is 79.0 Å². The van der Waals surface area contributed by atoms with Crippen molar-refractivity contribution in [1.82, 2.24) is 9.97 Å². The molecule has 1 saturated carbocycles. The number of nitrogens with one attached hydrogen (secondary N) is 2. The number of aryl methyl sites for hydroxylation is 1. The highest BCUT2D eigenvalue weighted by Gasteiger charge is 2.44. The summed E-state index contributed by atoms with van der Waals surface area (Å²) in [6.45, 7) is 0. The zero-order valence-corrected chi connectivity index (χ0v) is 19.5. The van der Waals surface area contributed by atoms with Crippen LogP contribution in [0.4, 0.5) is 5.82 Å². The number of hydrogen-bond acceptors (Lipinski definition) is 3. The maximum Gasteiger partial charge on any atom is 0.229 e. The molecule has 0 radical (unpaired) electrons. The number of hydrogen-bond donors (Lipinski definition) is 2. The second-order valence-electron chi connectivity index (χ2n) is 9.55. The molecule has 2 aromatic carbocycles. The van der Waals surface area contributed by atoms with E-state index < -0.39 is 0 Å². The number of benzene rings is 2. The summed E-state index contributed by atoms with van der Waals surface area (Å²) in [5, 5.41) is 3.02. The van der Waals surface area contributed by atoms with E-state index in [1.54, 1.807) is 6.20 Å². The molecule has 6 rings (SSSR count). The molecule has 4 aromatic rings. The normalized spacial score (nSPS) is 18.7. The number of pyridine rings is 1. The Hall–Kier alpha value is -3.99. The highest BCUT2D eigenvalue weighted by atomic mass is 16.2. The fourth-order valence-electron chi connectivity index (χ4n) is 5.32. The Balaban J connectivity index is 1.28. The molecule has 5 heteroatoms. The number of aromatic nitrogens is 2. The number of nitrogens with zero attached hydrogens (tertiary/aromatic N) is 1. The van der Waals surface area contributed by atoms with Gasteiger partial charge in [0.25, 0.3) is 0 Å². The van der Waals surface area contributed by atoms with Gasteiger partial charge in [-0.3, -0.25) is 9.59 Å². The van der Waals surface area contributed by atoms with Crippen LogP contribution in [0, 0.1) is 5.92 Å². The van der Waals surface area contributed by atoms with Gasteiger partial charge in [0, 0.05) is 41.8 Å². The number of aromatic amines is 1. The van der Waals surface area contributed by atoms with Crippen LogP contribution in [0.2, 0.25) is 0 Å². The first-order valence-corrected chi connectivity index (χ1v) is 12.3. The molecule has 2 N–H and O–H groups in total. The Morgan fingerprint density at radius 1 is 1.00 bits per heavy atom. The molecule has 0 spiro atoms. The third kappa shape index (κ3) is 4.30. The Labute approximate surface area is 204 Å². The van der Waals surface area contributed by atoms with Crippen LogP contribution < -0.4 is 5.32 Å². The maximum atomic E-state index is 12.9. The average molecular weight is 462 g/mol. The highest BCUT2D eigenvalue weighted by Crippen LogP contribution is 2.48. The van der Waals surface area contributed by atoms with Crippen LogP contribution in [0.3, 0.4) is 0 Å². The zero-order valence-electron chi connectivity index (χ0n) is 19.5. The standard InChI is InChI=1S/C30H27N3O2/c34-26-13-7-12-25-28(26)24(16-19-8-3-1-4-9-19)29(32-25)21-14-15-31-27(17-21)33-30(35)23-18-22(23)20-10-5-2-6-11-20/h1-6,8-11,14-15,17,22-23,32H,7,12-13,16,18H2,(H,31,33,35). The van der Waals surface area contributed by atoms with Gasteiger partial charge in [0.2, 0.25) is 5.91 Å². The molecule has 2 aliphatic rings. The molecule has 1 fully saturated rings. The molecule has 2 aliphatic carbocycles. The monoisotopic (exact) mass is 461 g/mol. The number of H-pyrrole nitrogens is 1. The van der Waals surface area contributed by atoms with E-state index in [1.165, 1.54) is 5.56 Å². The van der Waals surface area contributed by atoms with Crippen LogP contribution in [0.1, 0.15) is 57.9 Å². The van der Waals surface area contributed by atoms with Gasteiger partial charge < -0.3 is 10.3 Å². The molecule has 0 aliphatic heterocycles. The zero-order chi connectivity index (χ0) is 23.8. The summed E-state index contributed by atoms with van der Waals surface area (Å²) in [5.41, 5.74) is 7.15. The molecule has 2 aromatic heterocycles. The predicted molar refractivity (Wildman–Crippen MR) is 136 cm³/mol. The molecule has 0 bridgehead atoms. The van der Waals surface area contributed by atoms with Crippen LogP contribution >= 0.6 is 0 Å². The van der Waals surface area contributed by atoms with Crippen molar-refractivity contribution in [1.29, 1.82) is 0 Å². The van der Waals surface area contributed by atoms with Crippen molar-refractivity contribution in [2.24, 2.45) is 5.92 Å². The summed E-state index contributed by atoms with van der Waals surface area (Å²) in [5.74, 6) is 1.01. The van der Waals surface area contributed by atoms with Gasteiger partial charge in [-0.25, -0.2) is 4.98 Å². The summed E-state index contributed by atoms with van der Waals surface area (Å²) >= 11 is 0. The second-order valence-corrected chi connectivity index (χ2v) is 9.55. The lowest BCUT2D eigenvalue weighted by Crippen LogP contribution is -2.15. The van der Waals surface area contributed by atoms with Gasteiger partial charge in [0.15, 0.2) is 5.78 Å². The van der Waals surface area contributed by atoms with E-state index in [-0.39, 0.29) is 23.5 Å². The van der Waals surface area contributed by atoms with E-state index in [9.17, 15) is 9.59 Å². The van der Waals surface area contributed by atoms with Crippen molar-refractivity contribution in [2.75, 3.05) is 5.32 Å². The largest absolute Gasteiger partial charge is 0.358 e. The number of carbonyl (C=O) groups excluding carboxylic acids is 2. The number of rotatable bonds is 6. The fraction of sp³-hybridized carbons (Fsp3) is 0.233. The minimum atomic E-state index is -0.0214. The lowest BCUT2D eigenvalue weighted by atomic mass is 9.90. The molecule has 174 valence electrons. The smallest absolute Gasteiger partial charge is 0.229 e. The van der Waals surface area contributed by atoms with E-state index in [0.29, 0.717) is 18.7 Å². The summed E-state index contributed by atoms with van der Waals surface area (Å²) in [4.78, 5) is 33.8. The quantitative estimate of drug-likeness (QED) is 0.374. The first-order chi connectivity index (χ1) is 17.2. The van der Waals surface area contributed by atoms with E-state index in [2.05, 4.69) is 39.6 Å². The number of carbonyl (C=O) groups is 2. The maximum absolute atomic E-state index is 12.9. The van der Waals surface area contributed by atoms with Gasteiger partial charge >= 0.3 is 0 Å². The SMILES string of the molecule is O=C1CCCc2[nH]c(-c3ccnc(NC(=O)C4CC4c4ccccc4)c3)c(Cc3ccccc3)c21. The molecular formula is C30H27N3O2. The Bertz CT molecular complexity index is 1390. The van der Waals surface area contributed by atoms with Gasteiger partial charge in [-0.1, -0.05) is 60.7 Å². The molecule has 5 nitrogen and oxygen atoms in total. The van der Waals surface area contributed by atoms with Crippen LogP contribution in [-0.2, 0) is 17.6 Å². The topological polar surface area (TPSA) is 74.8 Å². The van der Waals surface area contributed by atoms with Crippen molar-refractivity contribution in [3.8, 4) is 11.3 Å². The second kappa shape index (κ2) is 8.99. The summed E-state index contributed by atoms with van der Waals surface area (Å²) in [7, 11) is 0. The number of ketones is 1. The van der Waals surface area contributed by atoms with E-state index in [4.69, 9.17) is 0 Å². The van der Waals surface area contributed by atoms with Gasteiger partial charge in [0.1, 0.15) is 5.82 Å².